The summed E-state index contributed by atoms with van der Waals surface area (Å²) in [5, 5.41) is 0.0920. The van der Waals surface area contributed by atoms with Crippen molar-refractivity contribution in [2.45, 2.75) is 38.3 Å². The number of aryl methyl sites for hydroxylation is 1. The molecule has 0 spiro atoms. The minimum atomic E-state index is -0.428. The molecule has 0 aliphatic carbocycles. The molecule has 6 heteroatoms. The Morgan fingerprint density at radius 3 is 3.00 bits per heavy atom. The van der Waals surface area contributed by atoms with E-state index in [0.717, 1.165) is 30.8 Å². The van der Waals surface area contributed by atoms with Crippen molar-refractivity contribution in [3.05, 3.63) is 28.8 Å². The summed E-state index contributed by atoms with van der Waals surface area (Å²) in [5.41, 5.74) is 1.45. The van der Waals surface area contributed by atoms with Crippen molar-refractivity contribution in [3.8, 4) is 0 Å². The number of benzene rings is 1. The Hall–Kier alpha value is -0.840. The molecular weight excluding hydrogens is 314 g/mol. The van der Waals surface area contributed by atoms with Gasteiger partial charge in [-0.1, -0.05) is 11.6 Å². The lowest BCUT2D eigenvalue weighted by molar-refractivity contribution is 0.0736. The number of ether oxygens (including phenoxy) is 1. The Bertz CT molecular complexity index is 653. The number of halogens is 3. The first-order valence-corrected chi connectivity index (χ1v) is 8.06. The lowest BCUT2D eigenvalue weighted by Crippen LogP contribution is -2.22. The van der Waals surface area contributed by atoms with Crippen LogP contribution >= 0.6 is 23.2 Å². The predicted molar refractivity (Wildman–Crippen MR) is 82.8 cm³/mol. The van der Waals surface area contributed by atoms with Crippen LogP contribution in [-0.2, 0) is 11.2 Å². The standard InChI is InChI=1S/C15H17Cl2FN2O/c1-9(14-3-2-6-21-14)20-13-8-11(18)10(17)7-12(13)19-15(20)4-5-16/h7-9,14H,2-6H2,1H3. The molecule has 0 amide bonds. The monoisotopic (exact) mass is 330 g/mol. The molecule has 2 heterocycles. The van der Waals surface area contributed by atoms with Gasteiger partial charge in [-0.2, -0.15) is 0 Å². The molecule has 0 N–H and O–H groups in total. The fourth-order valence-corrected chi connectivity index (χ4v) is 3.33. The molecule has 1 saturated heterocycles. The van der Waals surface area contributed by atoms with E-state index in [4.69, 9.17) is 27.9 Å². The molecular formula is C15H17Cl2FN2O. The number of nitrogens with zero attached hydrogens (tertiary/aromatic N) is 2. The van der Waals surface area contributed by atoms with Crippen LogP contribution in [0.1, 0.15) is 31.6 Å². The van der Waals surface area contributed by atoms with Gasteiger partial charge in [-0.15, -0.1) is 11.6 Å². The molecule has 2 atom stereocenters. The minimum absolute atomic E-state index is 0.0920. The van der Waals surface area contributed by atoms with E-state index in [-0.39, 0.29) is 17.2 Å². The number of rotatable bonds is 4. The molecule has 1 aromatic carbocycles. The van der Waals surface area contributed by atoms with E-state index < -0.39 is 5.82 Å². The fourth-order valence-electron chi connectivity index (χ4n) is 3.00. The van der Waals surface area contributed by atoms with E-state index in [1.54, 1.807) is 6.07 Å². The maximum Gasteiger partial charge on any atom is 0.144 e. The third-order valence-electron chi connectivity index (χ3n) is 4.03. The van der Waals surface area contributed by atoms with E-state index in [2.05, 4.69) is 11.9 Å². The Kier molecular flexibility index (Phi) is 4.38. The zero-order valence-corrected chi connectivity index (χ0v) is 13.3. The van der Waals surface area contributed by atoms with Crippen molar-refractivity contribution in [3.63, 3.8) is 0 Å². The molecule has 0 bridgehead atoms. The van der Waals surface area contributed by atoms with Crippen LogP contribution in [0.5, 0.6) is 0 Å². The SMILES string of the molecule is CC(C1CCCO1)n1c(CCCl)nc2cc(Cl)c(F)cc21. The molecule has 1 fully saturated rings. The van der Waals surface area contributed by atoms with Gasteiger partial charge < -0.3 is 9.30 Å². The number of aromatic nitrogens is 2. The minimum Gasteiger partial charge on any atom is -0.376 e. The van der Waals surface area contributed by atoms with Crippen LogP contribution in [0.3, 0.4) is 0 Å². The molecule has 3 rings (SSSR count). The van der Waals surface area contributed by atoms with Gasteiger partial charge in [0.15, 0.2) is 0 Å². The van der Waals surface area contributed by atoms with Gasteiger partial charge in [0.05, 0.1) is 28.2 Å². The van der Waals surface area contributed by atoms with Crippen LogP contribution in [0.4, 0.5) is 4.39 Å². The smallest absolute Gasteiger partial charge is 0.144 e. The molecule has 1 aliphatic rings. The topological polar surface area (TPSA) is 27.1 Å². The van der Waals surface area contributed by atoms with Crippen molar-refractivity contribution in [2.24, 2.45) is 0 Å². The van der Waals surface area contributed by atoms with Crippen LogP contribution in [0.2, 0.25) is 5.02 Å². The Balaban J connectivity index is 2.12. The summed E-state index contributed by atoms with van der Waals surface area (Å²) in [4.78, 5) is 4.57. The first-order chi connectivity index (χ1) is 10.1. The number of alkyl halides is 1. The molecule has 0 saturated carbocycles. The molecule has 3 nitrogen and oxygen atoms in total. The summed E-state index contributed by atoms with van der Waals surface area (Å²) in [6.07, 6.45) is 2.84. The van der Waals surface area contributed by atoms with Crippen LogP contribution in [0, 0.1) is 5.82 Å². The number of hydrogen-bond acceptors (Lipinski definition) is 2. The summed E-state index contributed by atoms with van der Waals surface area (Å²) in [5.74, 6) is 0.893. The van der Waals surface area contributed by atoms with Gasteiger partial charge >= 0.3 is 0 Å². The van der Waals surface area contributed by atoms with Crippen molar-refractivity contribution in [1.29, 1.82) is 0 Å². The maximum atomic E-state index is 13.8. The average Bonchev–Trinajstić information content (AvgIpc) is 3.07. The highest BCUT2D eigenvalue weighted by Crippen LogP contribution is 2.31. The summed E-state index contributed by atoms with van der Waals surface area (Å²) >= 11 is 11.7. The zero-order valence-electron chi connectivity index (χ0n) is 11.8. The lowest BCUT2D eigenvalue weighted by atomic mass is 10.1. The van der Waals surface area contributed by atoms with Crippen molar-refractivity contribution in [2.75, 3.05) is 12.5 Å². The Morgan fingerprint density at radius 2 is 2.33 bits per heavy atom. The summed E-state index contributed by atoms with van der Waals surface area (Å²) in [7, 11) is 0. The van der Waals surface area contributed by atoms with E-state index in [1.165, 1.54) is 6.07 Å². The predicted octanol–water partition coefficient (Wildman–Crippen LogP) is 4.35. The summed E-state index contributed by atoms with van der Waals surface area (Å²) in [6, 6.07) is 3.12. The molecule has 0 radical (unpaired) electrons. The Labute approximate surface area is 133 Å². The molecule has 21 heavy (non-hydrogen) atoms. The van der Waals surface area contributed by atoms with Crippen molar-refractivity contribution < 1.29 is 9.13 Å². The highest BCUT2D eigenvalue weighted by Gasteiger charge is 2.27. The second-order valence-corrected chi connectivity index (χ2v) is 6.17. The van der Waals surface area contributed by atoms with Crippen molar-refractivity contribution >= 4 is 34.2 Å². The van der Waals surface area contributed by atoms with Gasteiger partial charge in [-0.25, -0.2) is 9.37 Å². The average molecular weight is 331 g/mol. The lowest BCUT2D eigenvalue weighted by Gasteiger charge is -2.23. The third kappa shape index (κ3) is 2.77. The van der Waals surface area contributed by atoms with E-state index in [0.29, 0.717) is 17.8 Å². The van der Waals surface area contributed by atoms with Gasteiger partial charge in [0.2, 0.25) is 0 Å². The summed E-state index contributed by atoms with van der Waals surface area (Å²) in [6.45, 7) is 2.87. The largest absolute Gasteiger partial charge is 0.376 e. The van der Waals surface area contributed by atoms with E-state index >= 15 is 0 Å². The first-order valence-electron chi connectivity index (χ1n) is 7.15. The Morgan fingerprint density at radius 1 is 1.52 bits per heavy atom. The van der Waals surface area contributed by atoms with Crippen LogP contribution in [0.25, 0.3) is 11.0 Å². The summed E-state index contributed by atoms with van der Waals surface area (Å²) < 4.78 is 21.7. The molecule has 2 unspecified atom stereocenters. The van der Waals surface area contributed by atoms with Gasteiger partial charge in [0.25, 0.3) is 0 Å². The second-order valence-electron chi connectivity index (χ2n) is 5.38. The fraction of sp³-hybridized carbons (Fsp3) is 0.533. The number of hydrogen-bond donors (Lipinski definition) is 0. The van der Waals surface area contributed by atoms with Crippen LogP contribution < -0.4 is 0 Å². The van der Waals surface area contributed by atoms with Gasteiger partial charge in [0.1, 0.15) is 11.6 Å². The second kappa shape index (κ2) is 6.11. The van der Waals surface area contributed by atoms with Gasteiger partial charge in [-0.05, 0) is 25.8 Å². The number of imidazole rings is 1. The van der Waals surface area contributed by atoms with Crippen LogP contribution in [0.15, 0.2) is 12.1 Å². The molecule has 114 valence electrons. The van der Waals surface area contributed by atoms with Crippen LogP contribution in [-0.4, -0.2) is 28.1 Å². The highest BCUT2D eigenvalue weighted by atomic mass is 35.5. The van der Waals surface area contributed by atoms with Gasteiger partial charge in [0, 0.05) is 25.0 Å². The zero-order chi connectivity index (χ0) is 15.0. The van der Waals surface area contributed by atoms with Crippen molar-refractivity contribution in [1.82, 2.24) is 9.55 Å². The van der Waals surface area contributed by atoms with E-state index in [1.807, 2.05) is 4.57 Å². The van der Waals surface area contributed by atoms with E-state index in [9.17, 15) is 4.39 Å². The normalized spacial score (nSPS) is 20.3. The van der Waals surface area contributed by atoms with Gasteiger partial charge in [-0.3, -0.25) is 0 Å². The molecule has 1 aromatic heterocycles. The maximum absolute atomic E-state index is 13.8. The number of fused-ring (bicyclic) bond motifs is 1. The molecule has 1 aliphatic heterocycles. The third-order valence-corrected chi connectivity index (χ3v) is 4.51. The highest BCUT2D eigenvalue weighted by molar-refractivity contribution is 6.31. The molecule has 2 aromatic rings. The quantitative estimate of drug-likeness (QED) is 0.779. The first kappa shape index (κ1) is 15.1.